The minimum absolute atomic E-state index is 0.942. The lowest BCUT2D eigenvalue weighted by Crippen LogP contribution is -1.91. The van der Waals surface area contributed by atoms with Gasteiger partial charge in [-0.3, -0.25) is 0 Å². The Bertz CT molecular complexity index is 126. The van der Waals surface area contributed by atoms with Gasteiger partial charge < -0.3 is 0 Å². The summed E-state index contributed by atoms with van der Waals surface area (Å²) in [6.45, 7) is 8.41. The molecule has 0 aliphatic heterocycles. The zero-order valence-corrected chi connectivity index (χ0v) is 10.9. The Morgan fingerprint density at radius 2 is 1.47 bits per heavy atom. The van der Waals surface area contributed by atoms with Crippen LogP contribution in [0.3, 0.4) is 0 Å². The van der Waals surface area contributed by atoms with Crippen molar-refractivity contribution in [3.05, 3.63) is 12.7 Å². The van der Waals surface area contributed by atoms with Crippen LogP contribution in [0.5, 0.6) is 0 Å². The molecule has 0 heteroatoms. The van der Waals surface area contributed by atoms with Crippen LogP contribution in [-0.2, 0) is 0 Å². The lowest BCUT2D eigenvalue weighted by atomic mass is 10.00. The molecule has 0 aromatic carbocycles. The normalized spacial score (nSPS) is 12.7. The quantitative estimate of drug-likeness (QED) is 0.302. The summed E-state index contributed by atoms with van der Waals surface area (Å²) in [4.78, 5) is 0. The summed E-state index contributed by atoms with van der Waals surface area (Å²) >= 11 is 0. The summed E-state index contributed by atoms with van der Waals surface area (Å²) in [5.74, 6) is 0.942. The molecule has 0 aromatic heterocycles. The summed E-state index contributed by atoms with van der Waals surface area (Å²) < 4.78 is 0. The topological polar surface area (TPSA) is 0 Å². The molecule has 0 fully saturated rings. The standard InChI is InChI=1S/C15H30/c1-4-6-7-8-9-10-11-12-13-14-15(3)5-2/h4,15H,1,5-14H2,2-3H3. The van der Waals surface area contributed by atoms with E-state index in [0.717, 1.165) is 5.92 Å². The van der Waals surface area contributed by atoms with Crippen molar-refractivity contribution >= 4 is 0 Å². The third-order valence-corrected chi connectivity index (χ3v) is 3.30. The average molecular weight is 210 g/mol. The lowest BCUT2D eigenvalue weighted by Gasteiger charge is -2.07. The van der Waals surface area contributed by atoms with Gasteiger partial charge in [-0.05, 0) is 18.8 Å². The molecule has 0 amide bonds. The van der Waals surface area contributed by atoms with Gasteiger partial charge in [0.2, 0.25) is 0 Å². The first kappa shape index (κ1) is 14.7. The monoisotopic (exact) mass is 210 g/mol. The van der Waals surface area contributed by atoms with E-state index in [-0.39, 0.29) is 0 Å². The van der Waals surface area contributed by atoms with Gasteiger partial charge in [0.25, 0.3) is 0 Å². The smallest absolute Gasteiger partial charge is 0.0353 e. The van der Waals surface area contributed by atoms with Crippen molar-refractivity contribution in [1.82, 2.24) is 0 Å². The highest BCUT2D eigenvalue weighted by Crippen LogP contribution is 2.14. The van der Waals surface area contributed by atoms with Gasteiger partial charge in [-0.15, -0.1) is 6.58 Å². The van der Waals surface area contributed by atoms with E-state index in [9.17, 15) is 0 Å². The molecule has 0 rings (SSSR count). The fraction of sp³-hybridized carbons (Fsp3) is 0.867. The van der Waals surface area contributed by atoms with E-state index in [1.54, 1.807) is 0 Å². The van der Waals surface area contributed by atoms with E-state index in [0.29, 0.717) is 0 Å². The zero-order chi connectivity index (χ0) is 11.4. The zero-order valence-electron chi connectivity index (χ0n) is 10.9. The molecule has 0 nitrogen and oxygen atoms in total. The first-order valence-corrected chi connectivity index (χ1v) is 6.92. The number of unbranched alkanes of at least 4 members (excludes halogenated alkanes) is 7. The Morgan fingerprint density at radius 1 is 0.933 bits per heavy atom. The minimum Gasteiger partial charge on any atom is -0.103 e. The minimum atomic E-state index is 0.942. The third kappa shape index (κ3) is 11.7. The largest absolute Gasteiger partial charge is 0.103 e. The van der Waals surface area contributed by atoms with Crippen LogP contribution in [0.2, 0.25) is 0 Å². The molecule has 0 saturated heterocycles. The predicted molar refractivity (Wildman–Crippen MR) is 71.2 cm³/mol. The Morgan fingerprint density at radius 3 is 2.00 bits per heavy atom. The van der Waals surface area contributed by atoms with E-state index < -0.39 is 0 Å². The molecule has 0 aliphatic rings. The Hall–Kier alpha value is -0.260. The van der Waals surface area contributed by atoms with Gasteiger partial charge in [0.05, 0.1) is 0 Å². The second kappa shape index (κ2) is 11.8. The van der Waals surface area contributed by atoms with E-state index in [1.165, 1.54) is 64.2 Å². The molecule has 0 aliphatic carbocycles. The summed E-state index contributed by atoms with van der Waals surface area (Å²) in [6.07, 6.45) is 16.0. The van der Waals surface area contributed by atoms with Crippen LogP contribution in [0.4, 0.5) is 0 Å². The molecule has 0 radical (unpaired) electrons. The van der Waals surface area contributed by atoms with Crippen LogP contribution in [0.1, 0.15) is 78.1 Å². The van der Waals surface area contributed by atoms with Crippen molar-refractivity contribution in [2.75, 3.05) is 0 Å². The fourth-order valence-electron chi connectivity index (χ4n) is 1.87. The van der Waals surface area contributed by atoms with Gasteiger partial charge in [0, 0.05) is 0 Å². The average Bonchev–Trinajstić information content (AvgIpc) is 2.26. The van der Waals surface area contributed by atoms with Gasteiger partial charge in [-0.25, -0.2) is 0 Å². The molecule has 0 spiro atoms. The molecule has 15 heavy (non-hydrogen) atoms. The van der Waals surface area contributed by atoms with Crippen molar-refractivity contribution < 1.29 is 0 Å². The van der Waals surface area contributed by atoms with Gasteiger partial charge in [0.15, 0.2) is 0 Å². The summed E-state index contributed by atoms with van der Waals surface area (Å²) in [7, 11) is 0. The first-order chi connectivity index (χ1) is 7.31. The van der Waals surface area contributed by atoms with Crippen LogP contribution in [0.25, 0.3) is 0 Å². The Kier molecular flexibility index (Phi) is 11.6. The molecule has 90 valence electrons. The second-order valence-electron chi connectivity index (χ2n) is 4.85. The number of allylic oxidation sites excluding steroid dienone is 1. The molecule has 1 unspecified atom stereocenters. The highest BCUT2D eigenvalue weighted by atomic mass is 14.0. The van der Waals surface area contributed by atoms with Gasteiger partial charge >= 0.3 is 0 Å². The molecule has 0 aromatic rings. The Labute approximate surface area is 97.2 Å². The maximum absolute atomic E-state index is 3.74. The summed E-state index contributed by atoms with van der Waals surface area (Å²) in [5, 5.41) is 0. The van der Waals surface area contributed by atoms with Crippen LogP contribution in [0.15, 0.2) is 12.7 Å². The van der Waals surface area contributed by atoms with Gasteiger partial charge in [0.1, 0.15) is 0 Å². The molecule has 0 saturated carbocycles. The molecular formula is C15H30. The summed E-state index contributed by atoms with van der Waals surface area (Å²) in [6, 6.07) is 0. The van der Waals surface area contributed by atoms with Gasteiger partial charge in [-0.2, -0.15) is 0 Å². The maximum atomic E-state index is 3.74. The Balaban J connectivity index is 2.95. The molecule has 0 N–H and O–H groups in total. The number of hydrogen-bond donors (Lipinski definition) is 0. The van der Waals surface area contributed by atoms with E-state index in [4.69, 9.17) is 0 Å². The van der Waals surface area contributed by atoms with Crippen LogP contribution in [-0.4, -0.2) is 0 Å². The van der Waals surface area contributed by atoms with E-state index in [2.05, 4.69) is 20.4 Å². The molecule has 0 bridgehead atoms. The van der Waals surface area contributed by atoms with E-state index >= 15 is 0 Å². The summed E-state index contributed by atoms with van der Waals surface area (Å²) in [5.41, 5.74) is 0. The van der Waals surface area contributed by atoms with Crippen molar-refractivity contribution in [2.24, 2.45) is 5.92 Å². The number of hydrogen-bond acceptors (Lipinski definition) is 0. The maximum Gasteiger partial charge on any atom is -0.0353 e. The van der Waals surface area contributed by atoms with Crippen molar-refractivity contribution in [2.45, 2.75) is 78.1 Å². The van der Waals surface area contributed by atoms with Crippen LogP contribution < -0.4 is 0 Å². The highest BCUT2D eigenvalue weighted by Gasteiger charge is 1.97. The number of rotatable bonds is 11. The molecule has 1 atom stereocenters. The second-order valence-corrected chi connectivity index (χ2v) is 4.85. The van der Waals surface area contributed by atoms with Crippen LogP contribution >= 0.6 is 0 Å². The van der Waals surface area contributed by atoms with Crippen LogP contribution in [0, 0.1) is 5.92 Å². The van der Waals surface area contributed by atoms with E-state index in [1.807, 2.05) is 6.08 Å². The van der Waals surface area contributed by atoms with Crippen molar-refractivity contribution in [3.8, 4) is 0 Å². The first-order valence-electron chi connectivity index (χ1n) is 6.92. The third-order valence-electron chi connectivity index (χ3n) is 3.30. The lowest BCUT2D eigenvalue weighted by molar-refractivity contribution is 0.470. The van der Waals surface area contributed by atoms with Crippen molar-refractivity contribution in [1.29, 1.82) is 0 Å². The molecular weight excluding hydrogens is 180 g/mol. The fourth-order valence-corrected chi connectivity index (χ4v) is 1.87. The van der Waals surface area contributed by atoms with Gasteiger partial charge in [-0.1, -0.05) is 71.3 Å². The molecule has 0 heterocycles. The predicted octanol–water partition coefficient (Wildman–Crippen LogP) is 5.73. The van der Waals surface area contributed by atoms with Crippen molar-refractivity contribution in [3.63, 3.8) is 0 Å². The SMILES string of the molecule is C=CCCCCCCCCCC(C)CC. The highest BCUT2D eigenvalue weighted by molar-refractivity contribution is 4.65.